The highest BCUT2D eigenvalue weighted by Gasteiger charge is 2.07. The number of aliphatic hydroxyl groups is 1. The van der Waals surface area contributed by atoms with Gasteiger partial charge in [-0.2, -0.15) is 0 Å². The molecule has 15 heavy (non-hydrogen) atoms. The van der Waals surface area contributed by atoms with E-state index in [2.05, 4.69) is 6.92 Å². The Morgan fingerprint density at radius 1 is 1.33 bits per heavy atom. The van der Waals surface area contributed by atoms with Gasteiger partial charge in [0.2, 0.25) is 0 Å². The van der Waals surface area contributed by atoms with Gasteiger partial charge in [-0.1, -0.05) is 46.1 Å². The number of allylic oxidation sites excluding steroid dienone is 2. The molecule has 2 nitrogen and oxygen atoms in total. The summed E-state index contributed by atoms with van der Waals surface area (Å²) in [6, 6.07) is 0. The number of carbonyl (C=O) groups excluding carboxylic acids is 1. The van der Waals surface area contributed by atoms with Crippen LogP contribution in [-0.4, -0.2) is 17.0 Å². The van der Waals surface area contributed by atoms with E-state index in [1.807, 2.05) is 19.9 Å². The second-order valence-electron chi connectivity index (χ2n) is 4.42. The first kappa shape index (κ1) is 14.4. The quantitative estimate of drug-likeness (QED) is 0.496. The van der Waals surface area contributed by atoms with E-state index in [1.165, 1.54) is 0 Å². The number of ketones is 1. The van der Waals surface area contributed by atoms with Gasteiger partial charge in [0.15, 0.2) is 5.78 Å². The fourth-order valence-electron chi connectivity index (χ4n) is 1.33. The molecule has 0 aromatic rings. The summed E-state index contributed by atoms with van der Waals surface area (Å²) in [6.45, 7) is 6.19. The zero-order valence-corrected chi connectivity index (χ0v) is 10.2. The van der Waals surface area contributed by atoms with Crippen LogP contribution >= 0.6 is 0 Å². The molecule has 0 radical (unpaired) electrons. The van der Waals surface area contributed by atoms with Crippen LogP contribution in [-0.2, 0) is 4.79 Å². The van der Waals surface area contributed by atoms with Crippen molar-refractivity contribution in [2.75, 3.05) is 0 Å². The van der Waals surface area contributed by atoms with Gasteiger partial charge in [0, 0.05) is 6.42 Å². The molecule has 0 aromatic heterocycles. The lowest BCUT2D eigenvalue weighted by molar-refractivity contribution is -0.116. The Balaban J connectivity index is 3.66. The minimum atomic E-state index is -0.458. The third-order valence-electron chi connectivity index (χ3n) is 2.24. The molecule has 0 saturated heterocycles. The zero-order chi connectivity index (χ0) is 11.7. The van der Waals surface area contributed by atoms with Gasteiger partial charge in [0.05, 0.1) is 6.10 Å². The summed E-state index contributed by atoms with van der Waals surface area (Å²) >= 11 is 0. The second-order valence-corrected chi connectivity index (χ2v) is 4.42. The Morgan fingerprint density at radius 3 is 2.53 bits per heavy atom. The SMILES string of the molecule is CCCCCC(O)CC(=O)C=CC(C)C. The summed E-state index contributed by atoms with van der Waals surface area (Å²) in [5, 5.41) is 9.56. The van der Waals surface area contributed by atoms with E-state index in [9.17, 15) is 9.90 Å². The first-order chi connectivity index (χ1) is 7.06. The van der Waals surface area contributed by atoms with Crippen LogP contribution in [0, 0.1) is 5.92 Å². The maximum absolute atomic E-state index is 11.3. The third-order valence-corrected chi connectivity index (χ3v) is 2.24. The van der Waals surface area contributed by atoms with Gasteiger partial charge in [-0.15, -0.1) is 0 Å². The number of rotatable bonds is 8. The van der Waals surface area contributed by atoms with Gasteiger partial charge >= 0.3 is 0 Å². The Morgan fingerprint density at radius 2 is 2.00 bits per heavy atom. The molecule has 0 fully saturated rings. The molecule has 88 valence electrons. The molecule has 0 aliphatic carbocycles. The Hall–Kier alpha value is -0.630. The lowest BCUT2D eigenvalue weighted by atomic mass is 10.0. The van der Waals surface area contributed by atoms with Gasteiger partial charge in [0.1, 0.15) is 0 Å². The van der Waals surface area contributed by atoms with Crippen molar-refractivity contribution in [3.63, 3.8) is 0 Å². The molecule has 0 rings (SSSR count). The Kier molecular flexibility index (Phi) is 8.30. The third kappa shape index (κ3) is 9.67. The molecule has 0 aliphatic rings. The van der Waals surface area contributed by atoms with Crippen LogP contribution in [0.25, 0.3) is 0 Å². The van der Waals surface area contributed by atoms with Gasteiger partial charge in [0.25, 0.3) is 0 Å². The maximum Gasteiger partial charge on any atom is 0.157 e. The number of hydrogen-bond acceptors (Lipinski definition) is 2. The van der Waals surface area contributed by atoms with E-state index < -0.39 is 6.10 Å². The molecule has 0 aliphatic heterocycles. The molecular formula is C13H24O2. The number of hydrogen-bond donors (Lipinski definition) is 1. The van der Waals surface area contributed by atoms with Gasteiger partial charge in [-0.25, -0.2) is 0 Å². The van der Waals surface area contributed by atoms with Crippen molar-refractivity contribution in [3.8, 4) is 0 Å². The molecule has 2 heteroatoms. The highest BCUT2D eigenvalue weighted by Crippen LogP contribution is 2.07. The summed E-state index contributed by atoms with van der Waals surface area (Å²) in [5.74, 6) is 0.430. The van der Waals surface area contributed by atoms with Crippen molar-refractivity contribution in [1.29, 1.82) is 0 Å². The molecule has 0 heterocycles. The van der Waals surface area contributed by atoms with Crippen molar-refractivity contribution in [2.45, 2.75) is 59.0 Å². The summed E-state index contributed by atoms with van der Waals surface area (Å²) in [7, 11) is 0. The van der Waals surface area contributed by atoms with E-state index in [-0.39, 0.29) is 12.2 Å². The highest BCUT2D eigenvalue weighted by molar-refractivity contribution is 5.89. The maximum atomic E-state index is 11.3. The molecule has 1 unspecified atom stereocenters. The smallest absolute Gasteiger partial charge is 0.157 e. The van der Waals surface area contributed by atoms with Gasteiger partial charge in [-0.05, 0) is 18.4 Å². The van der Waals surface area contributed by atoms with E-state index in [0.717, 1.165) is 25.7 Å². The molecule has 1 N–H and O–H groups in total. The molecule has 0 spiro atoms. The normalized spacial score (nSPS) is 13.7. The van der Waals surface area contributed by atoms with E-state index >= 15 is 0 Å². The van der Waals surface area contributed by atoms with Crippen LogP contribution in [0.3, 0.4) is 0 Å². The lowest BCUT2D eigenvalue weighted by Crippen LogP contribution is -2.11. The van der Waals surface area contributed by atoms with Crippen molar-refractivity contribution in [1.82, 2.24) is 0 Å². The van der Waals surface area contributed by atoms with Crippen LogP contribution in [0.2, 0.25) is 0 Å². The second kappa shape index (κ2) is 8.66. The van der Waals surface area contributed by atoms with Crippen molar-refractivity contribution < 1.29 is 9.90 Å². The summed E-state index contributed by atoms with van der Waals surface area (Å²) in [5.41, 5.74) is 0. The van der Waals surface area contributed by atoms with Crippen LogP contribution in [0.1, 0.15) is 52.9 Å². The first-order valence-electron chi connectivity index (χ1n) is 5.95. The van der Waals surface area contributed by atoms with Crippen molar-refractivity contribution >= 4 is 5.78 Å². The fraction of sp³-hybridized carbons (Fsp3) is 0.769. The molecule has 0 saturated carbocycles. The van der Waals surface area contributed by atoms with Gasteiger partial charge < -0.3 is 5.11 Å². The van der Waals surface area contributed by atoms with Gasteiger partial charge in [-0.3, -0.25) is 4.79 Å². The molecule has 0 amide bonds. The summed E-state index contributed by atoms with van der Waals surface area (Å²) in [4.78, 5) is 11.3. The average molecular weight is 212 g/mol. The minimum absolute atomic E-state index is 0.0349. The molecule has 0 bridgehead atoms. The molecular weight excluding hydrogens is 188 g/mol. The summed E-state index contributed by atoms with van der Waals surface area (Å²) in [6.07, 6.45) is 7.32. The highest BCUT2D eigenvalue weighted by atomic mass is 16.3. The largest absolute Gasteiger partial charge is 0.393 e. The van der Waals surface area contributed by atoms with Crippen LogP contribution < -0.4 is 0 Å². The topological polar surface area (TPSA) is 37.3 Å². The predicted octanol–water partition coefficient (Wildman–Crippen LogP) is 3.10. The summed E-state index contributed by atoms with van der Waals surface area (Å²) < 4.78 is 0. The molecule has 0 aromatic carbocycles. The van der Waals surface area contributed by atoms with Crippen LogP contribution in [0.15, 0.2) is 12.2 Å². The van der Waals surface area contributed by atoms with Crippen LogP contribution in [0.4, 0.5) is 0 Å². The van der Waals surface area contributed by atoms with Crippen molar-refractivity contribution in [2.24, 2.45) is 5.92 Å². The Labute approximate surface area is 93.4 Å². The number of carbonyl (C=O) groups is 1. The van der Waals surface area contributed by atoms with Crippen molar-refractivity contribution in [3.05, 3.63) is 12.2 Å². The Bertz CT molecular complexity index is 195. The van der Waals surface area contributed by atoms with E-state index in [0.29, 0.717) is 5.92 Å². The number of aliphatic hydroxyl groups excluding tert-OH is 1. The first-order valence-corrected chi connectivity index (χ1v) is 5.95. The van der Waals surface area contributed by atoms with E-state index in [1.54, 1.807) is 6.08 Å². The monoisotopic (exact) mass is 212 g/mol. The zero-order valence-electron chi connectivity index (χ0n) is 10.2. The van der Waals surface area contributed by atoms with Crippen LogP contribution in [0.5, 0.6) is 0 Å². The van der Waals surface area contributed by atoms with E-state index in [4.69, 9.17) is 0 Å². The fourth-order valence-corrected chi connectivity index (χ4v) is 1.33. The lowest BCUT2D eigenvalue weighted by Gasteiger charge is -2.07. The average Bonchev–Trinajstić information content (AvgIpc) is 2.15. The minimum Gasteiger partial charge on any atom is -0.393 e. The predicted molar refractivity (Wildman–Crippen MR) is 63.8 cm³/mol. The molecule has 1 atom stereocenters. The standard InChI is InChI=1S/C13H24O2/c1-4-5-6-7-12(14)10-13(15)9-8-11(2)3/h8-9,11-12,14H,4-7,10H2,1-3H3. The number of unbranched alkanes of at least 4 members (excludes halogenated alkanes) is 2.